The number of nitrogens with one attached hydrogen (secondary N) is 1. The summed E-state index contributed by atoms with van der Waals surface area (Å²) in [4.78, 5) is 13.2. The highest BCUT2D eigenvalue weighted by Gasteiger charge is 2.30. The van der Waals surface area contributed by atoms with Gasteiger partial charge >= 0.3 is 0 Å². The highest BCUT2D eigenvalue weighted by Crippen LogP contribution is 2.34. The van der Waals surface area contributed by atoms with Gasteiger partial charge in [0.2, 0.25) is 5.91 Å². The lowest BCUT2D eigenvalue weighted by molar-refractivity contribution is -0.120. The van der Waals surface area contributed by atoms with Crippen molar-refractivity contribution in [2.75, 3.05) is 31.2 Å². The summed E-state index contributed by atoms with van der Waals surface area (Å²) >= 11 is 0. The summed E-state index contributed by atoms with van der Waals surface area (Å²) in [5.41, 5.74) is 2.02. The second-order valence-electron chi connectivity index (χ2n) is 8.19. The molecule has 1 aliphatic heterocycles. The van der Waals surface area contributed by atoms with Crippen LogP contribution in [0.3, 0.4) is 0 Å². The van der Waals surface area contributed by atoms with Crippen LogP contribution >= 0.6 is 0 Å². The minimum atomic E-state index is -4.06. The minimum absolute atomic E-state index is 0.0849. The Morgan fingerprint density at radius 3 is 2.43 bits per heavy atom. The van der Waals surface area contributed by atoms with E-state index in [0.717, 1.165) is 15.4 Å². The molecule has 35 heavy (non-hydrogen) atoms. The summed E-state index contributed by atoms with van der Waals surface area (Å²) in [6, 6.07) is 18.3. The normalized spacial score (nSPS) is 13.6. The largest absolute Gasteiger partial charge is 0.495 e. The third-order valence-electron chi connectivity index (χ3n) is 5.69. The third kappa shape index (κ3) is 5.35. The van der Waals surface area contributed by atoms with E-state index < -0.39 is 22.5 Å². The Bertz CT molecular complexity index is 1310. The van der Waals surface area contributed by atoms with Crippen molar-refractivity contribution in [3.05, 3.63) is 77.9 Å². The van der Waals surface area contributed by atoms with Crippen LogP contribution in [0.4, 0.5) is 5.69 Å². The van der Waals surface area contributed by atoms with Crippen LogP contribution in [0.2, 0.25) is 0 Å². The van der Waals surface area contributed by atoms with E-state index in [4.69, 9.17) is 14.2 Å². The summed E-state index contributed by atoms with van der Waals surface area (Å²) in [6.07, 6.45) is 0. The average molecular weight is 497 g/mol. The number of rotatable bonds is 8. The van der Waals surface area contributed by atoms with Crippen molar-refractivity contribution in [2.24, 2.45) is 0 Å². The molecule has 1 unspecified atom stereocenters. The quantitative estimate of drug-likeness (QED) is 0.509. The first-order valence-electron chi connectivity index (χ1n) is 11.2. The molecule has 0 spiro atoms. The number of carbonyl (C=O) groups is 1. The number of sulfonamides is 1. The van der Waals surface area contributed by atoms with Gasteiger partial charge in [0.1, 0.15) is 25.5 Å². The molecule has 1 heterocycles. The summed E-state index contributed by atoms with van der Waals surface area (Å²) in [5.74, 6) is 1.15. The Morgan fingerprint density at radius 1 is 1.03 bits per heavy atom. The van der Waals surface area contributed by atoms with Gasteiger partial charge in [0.25, 0.3) is 10.0 Å². The number of amides is 1. The zero-order valence-electron chi connectivity index (χ0n) is 19.9. The van der Waals surface area contributed by atoms with Gasteiger partial charge in [-0.25, -0.2) is 8.42 Å². The summed E-state index contributed by atoms with van der Waals surface area (Å²) in [7, 11) is -2.60. The number of anilines is 1. The highest BCUT2D eigenvalue weighted by molar-refractivity contribution is 7.92. The number of aryl methyl sites for hydroxylation is 1. The van der Waals surface area contributed by atoms with Gasteiger partial charge in [-0.05, 0) is 55.8 Å². The molecule has 0 bridgehead atoms. The zero-order chi connectivity index (χ0) is 25.0. The Labute approximate surface area is 205 Å². The number of nitrogens with zero attached hydrogens (tertiary/aromatic N) is 1. The fourth-order valence-electron chi connectivity index (χ4n) is 3.80. The van der Waals surface area contributed by atoms with Crippen LogP contribution in [0, 0.1) is 6.92 Å². The van der Waals surface area contributed by atoms with E-state index in [0.29, 0.717) is 30.5 Å². The third-order valence-corrected chi connectivity index (χ3v) is 7.47. The van der Waals surface area contributed by atoms with Crippen LogP contribution < -0.4 is 23.8 Å². The van der Waals surface area contributed by atoms with Gasteiger partial charge in [-0.15, -0.1) is 0 Å². The first-order chi connectivity index (χ1) is 16.8. The van der Waals surface area contributed by atoms with E-state index in [2.05, 4.69) is 5.32 Å². The standard InChI is InChI=1S/C26H28N2O6S/c1-18-8-11-21(12-9-18)35(30,31)28(22-6-4-5-7-23(22)32-3)17-26(29)27-19(2)20-10-13-24-25(16-20)34-15-14-33-24/h4-13,16,19H,14-15,17H2,1-3H3,(H,27,29). The lowest BCUT2D eigenvalue weighted by Crippen LogP contribution is -2.41. The Hall–Kier alpha value is -3.72. The van der Waals surface area contributed by atoms with Gasteiger partial charge in [-0.3, -0.25) is 9.10 Å². The second kappa shape index (κ2) is 10.3. The molecule has 3 aromatic rings. The summed E-state index contributed by atoms with van der Waals surface area (Å²) < 4.78 is 44.9. The number of methoxy groups -OCH3 is 1. The van der Waals surface area contributed by atoms with Gasteiger partial charge in [-0.1, -0.05) is 35.9 Å². The van der Waals surface area contributed by atoms with Crippen molar-refractivity contribution in [3.8, 4) is 17.2 Å². The SMILES string of the molecule is COc1ccccc1N(CC(=O)NC(C)c1ccc2c(c1)OCCO2)S(=O)(=O)c1ccc(C)cc1. The maximum absolute atomic E-state index is 13.6. The predicted molar refractivity (Wildman–Crippen MR) is 133 cm³/mol. The van der Waals surface area contributed by atoms with Gasteiger partial charge in [0, 0.05) is 0 Å². The van der Waals surface area contributed by atoms with Crippen molar-refractivity contribution in [3.63, 3.8) is 0 Å². The Morgan fingerprint density at radius 2 is 1.71 bits per heavy atom. The van der Waals surface area contributed by atoms with E-state index in [-0.39, 0.29) is 16.6 Å². The van der Waals surface area contributed by atoms with Crippen molar-refractivity contribution >= 4 is 21.6 Å². The second-order valence-corrected chi connectivity index (χ2v) is 10.1. The molecule has 184 valence electrons. The van der Waals surface area contributed by atoms with Gasteiger partial charge in [-0.2, -0.15) is 0 Å². The van der Waals surface area contributed by atoms with Crippen molar-refractivity contribution in [1.82, 2.24) is 5.32 Å². The highest BCUT2D eigenvalue weighted by atomic mass is 32.2. The molecule has 0 radical (unpaired) electrons. The number of ether oxygens (including phenoxy) is 3. The van der Waals surface area contributed by atoms with Crippen molar-refractivity contribution < 1.29 is 27.4 Å². The molecule has 0 aromatic heterocycles. The lowest BCUT2D eigenvalue weighted by Gasteiger charge is -2.26. The number of hydrogen-bond donors (Lipinski definition) is 1. The molecule has 8 nitrogen and oxygen atoms in total. The number of para-hydroxylation sites is 2. The van der Waals surface area contributed by atoms with E-state index in [1.807, 2.05) is 26.0 Å². The molecule has 1 amide bonds. The molecular weight excluding hydrogens is 468 g/mol. The Kier molecular flexibility index (Phi) is 7.16. The van der Waals surface area contributed by atoms with E-state index in [1.165, 1.54) is 19.2 Å². The van der Waals surface area contributed by atoms with Crippen LogP contribution in [0.25, 0.3) is 0 Å². The van der Waals surface area contributed by atoms with Crippen LogP contribution in [0.15, 0.2) is 71.6 Å². The van der Waals surface area contributed by atoms with E-state index in [1.54, 1.807) is 42.5 Å². The molecule has 0 saturated heterocycles. The van der Waals surface area contributed by atoms with E-state index >= 15 is 0 Å². The summed E-state index contributed by atoms with van der Waals surface area (Å²) in [6.45, 7) is 4.23. The smallest absolute Gasteiger partial charge is 0.264 e. The van der Waals surface area contributed by atoms with Gasteiger partial charge in [0.05, 0.1) is 23.7 Å². The maximum atomic E-state index is 13.6. The zero-order valence-corrected chi connectivity index (χ0v) is 20.7. The Balaban J connectivity index is 1.60. The topological polar surface area (TPSA) is 94.2 Å². The fraction of sp³-hybridized carbons (Fsp3) is 0.269. The minimum Gasteiger partial charge on any atom is -0.495 e. The van der Waals surface area contributed by atoms with Crippen molar-refractivity contribution in [1.29, 1.82) is 0 Å². The molecule has 1 atom stereocenters. The molecule has 0 saturated carbocycles. The maximum Gasteiger partial charge on any atom is 0.264 e. The first kappa shape index (κ1) is 24.4. The average Bonchev–Trinajstić information content (AvgIpc) is 2.87. The van der Waals surface area contributed by atoms with Gasteiger partial charge < -0.3 is 19.5 Å². The number of fused-ring (bicyclic) bond motifs is 1. The molecular formula is C26H28N2O6S. The monoisotopic (exact) mass is 496 g/mol. The molecule has 0 aliphatic carbocycles. The molecule has 1 N–H and O–H groups in total. The number of carbonyl (C=O) groups excluding carboxylic acids is 1. The molecule has 0 fully saturated rings. The first-order valence-corrected chi connectivity index (χ1v) is 12.6. The number of benzene rings is 3. The van der Waals surface area contributed by atoms with Crippen LogP contribution in [-0.4, -0.2) is 41.2 Å². The van der Waals surface area contributed by atoms with Crippen molar-refractivity contribution in [2.45, 2.75) is 24.8 Å². The molecule has 9 heteroatoms. The predicted octanol–water partition coefficient (Wildman–Crippen LogP) is 3.85. The number of hydrogen-bond acceptors (Lipinski definition) is 6. The van der Waals surface area contributed by atoms with E-state index in [9.17, 15) is 13.2 Å². The van der Waals surface area contributed by atoms with Crippen LogP contribution in [0.5, 0.6) is 17.2 Å². The lowest BCUT2D eigenvalue weighted by atomic mass is 10.1. The summed E-state index contributed by atoms with van der Waals surface area (Å²) in [5, 5.41) is 2.89. The van der Waals surface area contributed by atoms with Gasteiger partial charge in [0.15, 0.2) is 11.5 Å². The fourth-order valence-corrected chi connectivity index (χ4v) is 5.23. The van der Waals surface area contributed by atoms with Crippen LogP contribution in [0.1, 0.15) is 24.1 Å². The molecule has 4 rings (SSSR count). The van der Waals surface area contributed by atoms with Crippen LogP contribution in [-0.2, 0) is 14.8 Å². The molecule has 1 aliphatic rings. The molecule has 3 aromatic carbocycles.